The van der Waals surface area contributed by atoms with E-state index >= 15 is 0 Å². The molecule has 0 radical (unpaired) electrons. The molecule has 4 rings (SSSR count). The summed E-state index contributed by atoms with van der Waals surface area (Å²) < 4.78 is 7.77. The summed E-state index contributed by atoms with van der Waals surface area (Å²) in [5.74, 6) is 0.857. The van der Waals surface area contributed by atoms with E-state index in [2.05, 4.69) is 36.7 Å². The monoisotopic (exact) mass is 370 g/mol. The molecule has 5 heteroatoms. The molecule has 0 aliphatic rings. The van der Waals surface area contributed by atoms with Crippen LogP contribution in [0.2, 0.25) is 0 Å². The Morgan fingerprint density at radius 1 is 1.36 bits per heavy atom. The summed E-state index contributed by atoms with van der Waals surface area (Å²) >= 11 is 0. The van der Waals surface area contributed by atoms with Gasteiger partial charge in [0.2, 0.25) is 0 Å². The van der Waals surface area contributed by atoms with Gasteiger partial charge in [-0.1, -0.05) is 6.08 Å². The van der Waals surface area contributed by atoms with Crippen LogP contribution >= 0.6 is 0 Å². The molecule has 5 nitrogen and oxygen atoms in total. The number of aromatic nitrogens is 3. The summed E-state index contributed by atoms with van der Waals surface area (Å²) in [7, 11) is 1.71. The van der Waals surface area contributed by atoms with Crippen molar-refractivity contribution in [2.75, 3.05) is 7.11 Å². The zero-order valence-electron chi connectivity index (χ0n) is 16.1. The van der Waals surface area contributed by atoms with Crippen LogP contribution in [-0.4, -0.2) is 21.9 Å². The van der Waals surface area contributed by atoms with Crippen LogP contribution in [0.4, 0.5) is 0 Å². The first kappa shape index (κ1) is 17.9. The predicted octanol–water partition coefficient (Wildman–Crippen LogP) is 5.26. The zero-order chi connectivity index (χ0) is 19.7. The van der Waals surface area contributed by atoms with E-state index in [1.54, 1.807) is 7.11 Å². The quantitative estimate of drug-likeness (QED) is 0.471. The van der Waals surface area contributed by atoms with Crippen molar-refractivity contribution in [1.29, 1.82) is 5.26 Å². The highest BCUT2D eigenvalue weighted by molar-refractivity contribution is 5.89. The van der Waals surface area contributed by atoms with Crippen molar-refractivity contribution in [3.05, 3.63) is 72.1 Å². The van der Waals surface area contributed by atoms with Crippen LogP contribution in [0, 0.1) is 18.3 Å². The van der Waals surface area contributed by atoms with Gasteiger partial charge >= 0.3 is 0 Å². The predicted molar refractivity (Wildman–Crippen MR) is 112 cm³/mol. The number of aryl methyl sites for hydroxylation is 1. The van der Waals surface area contributed by atoms with Crippen molar-refractivity contribution in [1.82, 2.24) is 14.8 Å². The molecule has 0 amide bonds. The Morgan fingerprint density at radius 2 is 2.21 bits per heavy atom. The maximum atomic E-state index is 9.18. The normalized spacial score (nSPS) is 12.2. The van der Waals surface area contributed by atoms with Crippen LogP contribution in [0.15, 0.2) is 55.4 Å². The molecule has 0 aliphatic carbocycles. The number of H-pyrrole nitrogens is 1. The zero-order valence-corrected chi connectivity index (χ0v) is 16.1. The smallest absolute Gasteiger partial charge is 0.125 e. The number of nitrogens with zero attached hydrogens (tertiary/aromatic N) is 3. The van der Waals surface area contributed by atoms with E-state index in [0.717, 1.165) is 51.5 Å². The number of rotatable bonds is 6. The first-order chi connectivity index (χ1) is 13.7. The lowest BCUT2D eigenvalue weighted by Crippen LogP contribution is -2.13. The Bertz CT molecular complexity index is 1210. The third-order valence-corrected chi connectivity index (χ3v) is 5.22. The van der Waals surface area contributed by atoms with E-state index in [0.29, 0.717) is 5.56 Å². The Balaban J connectivity index is 1.94. The molecule has 0 spiro atoms. The standard InChI is InChI=1S/C23H22N4O/c1-4-5-6-20(27-14-17-8-7-16(13-24)12-19(17)26-27)22-18-9-10-25-23(18)15(2)11-21(22)28-3/h4,7-12,14,20,25H,1,5-6H2,2-3H3. The maximum Gasteiger partial charge on any atom is 0.125 e. The number of fused-ring (bicyclic) bond motifs is 2. The molecule has 1 atom stereocenters. The Kier molecular flexibility index (Phi) is 4.62. The van der Waals surface area contributed by atoms with Crippen molar-refractivity contribution < 1.29 is 4.74 Å². The van der Waals surface area contributed by atoms with E-state index in [1.165, 1.54) is 0 Å². The van der Waals surface area contributed by atoms with Crippen molar-refractivity contribution in [3.8, 4) is 11.8 Å². The van der Waals surface area contributed by atoms with Gasteiger partial charge < -0.3 is 9.72 Å². The molecule has 0 bridgehead atoms. The number of hydrogen-bond acceptors (Lipinski definition) is 3. The number of methoxy groups -OCH3 is 1. The summed E-state index contributed by atoms with van der Waals surface area (Å²) in [4.78, 5) is 3.34. The summed E-state index contributed by atoms with van der Waals surface area (Å²) in [5, 5.41) is 16.1. The third kappa shape index (κ3) is 2.93. The second-order valence-electron chi connectivity index (χ2n) is 6.95. The molecule has 1 N–H and O–H groups in total. The Morgan fingerprint density at radius 3 is 2.96 bits per heavy atom. The fourth-order valence-corrected chi connectivity index (χ4v) is 3.86. The molecule has 2 aromatic heterocycles. The van der Waals surface area contributed by atoms with Gasteiger partial charge in [0, 0.05) is 34.2 Å². The number of nitrogens with one attached hydrogen (secondary N) is 1. The molecule has 4 aromatic rings. The number of benzene rings is 2. The lowest BCUT2D eigenvalue weighted by Gasteiger charge is -2.22. The Hall–Kier alpha value is -3.52. The fourth-order valence-electron chi connectivity index (χ4n) is 3.86. The minimum Gasteiger partial charge on any atom is -0.496 e. The molecule has 0 saturated carbocycles. The van der Waals surface area contributed by atoms with Gasteiger partial charge in [-0.2, -0.15) is 10.4 Å². The van der Waals surface area contributed by atoms with E-state index in [-0.39, 0.29) is 6.04 Å². The molecular weight excluding hydrogens is 348 g/mol. The minimum absolute atomic E-state index is 0.00946. The van der Waals surface area contributed by atoms with Gasteiger partial charge in [0.15, 0.2) is 0 Å². The maximum absolute atomic E-state index is 9.18. The van der Waals surface area contributed by atoms with Crippen LogP contribution < -0.4 is 4.74 Å². The van der Waals surface area contributed by atoms with Crippen LogP contribution in [0.3, 0.4) is 0 Å². The van der Waals surface area contributed by atoms with Crippen LogP contribution in [0.25, 0.3) is 21.8 Å². The van der Waals surface area contributed by atoms with Gasteiger partial charge in [0.05, 0.1) is 30.3 Å². The van der Waals surface area contributed by atoms with E-state index in [9.17, 15) is 5.26 Å². The van der Waals surface area contributed by atoms with Crippen LogP contribution in [-0.2, 0) is 0 Å². The molecule has 0 aliphatic heterocycles. The molecule has 1 unspecified atom stereocenters. The average Bonchev–Trinajstić information content (AvgIpc) is 3.36. The van der Waals surface area contributed by atoms with E-state index in [4.69, 9.17) is 9.84 Å². The molecule has 28 heavy (non-hydrogen) atoms. The Labute approximate surface area is 163 Å². The van der Waals surface area contributed by atoms with Gasteiger partial charge in [0.25, 0.3) is 0 Å². The lowest BCUT2D eigenvalue weighted by atomic mass is 9.95. The van der Waals surface area contributed by atoms with E-state index < -0.39 is 0 Å². The highest BCUT2D eigenvalue weighted by Crippen LogP contribution is 2.39. The van der Waals surface area contributed by atoms with Crippen LogP contribution in [0.5, 0.6) is 5.75 Å². The highest BCUT2D eigenvalue weighted by atomic mass is 16.5. The van der Waals surface area contributed by atoms with Crippen molar-refractivity contribution in [2.45, 2.75) is 25.8 Å². The summed E-state index contributed by atoms with van der Waals surface area (Å²) in [6.45, 7) is 5.97. The topological polar surface area (TPSA) is 66.6 Å². The van der Waals surface area contributed by atoms with Gasteiger partial charge in [-0.3, -0.25) is 4.68 Å². The summed E-state index contributed by atoms with van der Waals surface area (Å²) in [6.07, 6.45) is 7.64. The molecule has 0 saturated heterocycles. The molecule has 2 heterocycles. The summed E-state index contributed by atoms with van der Waals surface area (Å²) in [5.41, 5.74) is 4.80. The molecule has 2 aromatic carbocycles. The molecular formula is C23H22N4O. The van der Waals surface area contributed by atoms with Gasteiger partial charge in [-0.05, 0) is 55.7 Å². The lowest BCUT2D eigenvalue weighted by molar-refractivity contribution is 0.395. The van der Waals surface area contributed by atoms with Crippen molar-refractivity contribution in [2.24, 2.45) is 0 Å². The van der Waals surface area contributed by atoms with Crippen molar-refractivity contribution >= 4 is 21.8 Å². The number of nitriles is 1. The molecule has 0 fully saturated rings. The molecule has 140 valence electrons. The first-order valence-corrected chi connectivity index (χ1v) is 9.30. The summed E-state index contributed by atoms with van der Waals surface area (Å²) in [6, 6.07) is 11.9. The van der Waals surface area contributed by atoms with Crippen LogP contribution in [0.1, 0.15) is 35.6 Å². The second-order valence-corrected chi connectivity index (χ2v) is 6.95. The SMILES string of the molecule is C=CCCC(c1c(OC)cc(C)c2[nH]ccc12)n1cc2ccc(C#N)cc2n1. The number of ether oxygens (including phenoxy) is 1. The van der Waals surface area contributed by atoms with E-state index in [1.807, 2.05) is 41.4 Å². The second kappa shape index (κ2) is 7.24. The average molecular weight is 370 g/mol. The number of allylic oxidation sites excluding steroid dienone is 1. The first-order valence-electron chi connectivity index (χ1n) is 9.30. The number of hydrogen-bond donors (Lipinski definition) is 1. The van der Waals surface area contributed by atoms with Crippen molar-refractivity contribution in [3.63, 3.8) is 0 Å². The van der Waals surface area contributed by atoms with Gasteiger partial charge in [-0.25, -0.2) is 0 Å². The highest BCUT2D eigenvalue weighted by Gasteiger charge is 2.23. The largest absolute Gasteiger partial charge is 0.496 e. The minimum atomic E-state index is -0.00946. The van der Waals surface area contributed by atoms with Gasteiger partial charge in [-0.15, -0.1) is 6.58 Å². The van der Waals surface area contributed by atoms with Gasteiger partial charge in [0.1, 0.15) is 5.75 Å². The third-order valence-electron chi connectivity index (χ3n) is 5.22. The number of aromatic amines is 1. The fraction of sp³-hybridized carbons (Fsp3) is 0.217.